The summed E-state index contributed by atoms with van der Waals surface area (Å²) < 4.78 is 27.5. The van der Waals surface area contributed by atoms with E-state index in [1.807, 2.05) is 12.1 Å². The van der Waals surface area contributed by atoms with Crippen LogP contribution in [-0.4, -0.2) is 67.5 Å². The highest BCUT2D eigenvalue weighted by Gasteiger charge is 2.29. The molecule has 2 aromatic rings. The van der Waals surface area contributed by atoms with Crippen LogP contribution in [0.5, 0.6) is 0 Å². The smallest absolute Gasteiger partial charge is 0.243 e. The molecular formula is C22H29N5O3S. The Kier molecular flexibility index (Phi) is 6.24. The molecule has 1 aromatic carbocycles. The van der Waals surface area contributed by atoms with Gasteiger partial charge in [0.25, 0.3) is 0 Å². The van der Waals surface area contributed by atoms with Gasteiger partial charge < -0.3 is 9.80 Å². The van der Waals surface area contributed by atoms with Crippen LogP contribution in [-0.2, 0) is 10.0 Å². The number of carbonyl (C=O) groups excluding carboxylic acids is 1. The quantitative estimate of drug-likeness (QED) is 0.657. The zero-order valence-corrected chi connectivity index (χ0v) is 18.9. The Balaban J connectivity index is 1.41. The first-order valence-corrected chi connectivity index (χ1v) is 12.3. The van der Waals surface area contributed by atoms with Crippen molar-refractivity contribution in [3.05, 3.63) is 42.0 Å². The number of hydrogen-bond acceptors (Lipinski definition) is 7. The van der Waals surface area contributed by atoms with Gasteiger partial charge in [0.1, 0.15) is 0 Å². The van der Waals surface area contributed by atoms with E-state index in [-0.39, 0.29) is 10.7 Å². The van der Waals surface area contributed by atoms with E-state index in [4.69, 9.17) is 0 Å². The maximum Gasteiger partial charge on any atom is 0.243 e. The number of ketones is 1. The van der Waals surface area contributed by atoms with E-state index in [1.54, 1.807) is 18.2 Å². The van der Waals surface area contributed by atoms with Gasteiger partial charge in [-0.25, -0.2) is 8.42 Å². The molecule has 0 aliphatic carbocycles. The molecular weight excluding hydrogens is 414 g/mol. The molecule has 0 spiro atoms. The lowest BCUT2D eigenvalue weighted by molar-refractivity contribution is 0.101. The Morgan fingerprint density at radius 1 is 0.968 bits per heavy atom. The molecule has 31 heavy (non-hydrogen) atoms. The molecule has 0 saturated carbocycles. The molecule has 1 aromatic heterocycles. The molecule has 1 atom stereocenters. The van der Waals surface area contributed by atoms with Crippen molar-refractivity contribution in [3.63, 3.8) is 0 Å². The second-order valence-electron chi connectivity index (χ2n) is 8.26. The molecule has 0 amide bonds. The fourth-order valence-electron chi connectivity index (χ4n) is 4.26. The number of anilines is 2. The Morgan fingerprint density at radius 2 is 1.68 bits per heavy atom. The molecule has 0 radical (unpaired) electrons. The molecule has 0 N–H and O–H groups in total. The summed E-state index contributed by atoms with van der Waals surface area (Å²) in [5.41, 5.74) is 0.401. The number of Topliss-reactive ketones (excluding diaryl/α,β-unsaturated/α-hetero) is 1. The first kappa shape index (κ1) is 21.7. The fraction of sp³-hybridized carbons (Fsp3) is 0.500. The molecule has 9 heteroatoms. The van der Waals surface area contributed by atoms with Gasteiger partial charge in [0.05, 0.1) is 4.90 Å². The summed E-state index contributed by atoms with van der Waals surface area (Å²) in [6.45, 7) is 6.47. The SMILES string of the molecule is CC(=O)c1cccc(S(=O)(=O)N2CCN(c3ccc(N4CCCCC4C)nn3)CC2)c1. The zero-order chi connectivity index (χ0) is 22.0. The van der Waals surface area contributed by atoms with Crippen molar-refractivity contribution in [1.29, 1.82) is 0 Å². The summed E-state index contributed by atoms with van der Waals surface area (Å²) in [5, 5.41) is 8.86. The lowest BCUT2D eigenvalue weighted by Gasteiger charge is -2.35. The molecule has 1 unspecified atom stereocenters. The number of carbonyl (C=O) groups is 1. The summed E-state index contributed by atoms with van der Waals surface area (Å²) >= 11 is 0. The minimum absolute atomic E-state index is 0.150. The summed E-state index contributed by atoms with van der Waals surface area (Å²) in [4.78, 5) is 16.1. The van der Waals surface area contributed by atoms with Crippen LogP contribution in [0.1, 0.15) is 43.5 Å². The minimum Gasteiger partial charge on any atom is -0.352 e. The Hall–Kier alpha value is -2.52. The first-order chi connectivity index (χ1) is 14.9. The Labute approximate surface area is 183 Å². The fourth-order valence-corrected chi connectivity index (χ4v) is 5.73. The van der Waals surface area contributed by atoms with E-state index in [9.17, 15) is 13.2 Å². The predicted octanol–water partition coefficient (Wildman–Crippen LogP) is 2.57. The topological polar surface area (TPSA) is 86.7 Å². The number of sulfonamides is 1. The van der Waals surface area contributed by atoms with E-state index in [0.29, 0.717) is 37.8 Å². The van der Waals surface area contributed by atoms with Crippen LogP contribution < -0.4 is 9.80 Å². The Bertz CT molecular complexity index is 1030. The third-order valence-electron chi connectivity index (χ3n) is 6.17. The minimum atomic E-state index is -3.64. The summed E-state index contributed by atoms with van der Waals surface area (Å²) in [7, 11) is -3.64. The molecule has 2 aliphatic rings. The van der Waals surface area contributed by atoms with Crippen molar-refractivity contribution < 1.29 is 13.2 Å². The number of rotatable bonds is 5. The highest BCUT2D eigenvalue weighted by Crippen LogP contribution is 2.25. The third kappa shape index (κ3) is 4.57. The average Bonchev–Trinajstić information content (AvgIpc) is 2.80. The van der Waals surface area contributed by atoms with E-state index in [2.05, 4.69) is 26.9 Å². The predicted molar refractivity (Wildman–Crippen MR) is 120 cm³/mol. The number of hydrogen-bond donors (Lipinski definition) is 0. The van der Waals surface area contributed by atoms with Gasteiger partial charge in [0.2, 0.25) is 10.0 Å². The zero-order valence-electron chi connectivity index (χ0n) is 18.1. The van der Waals surface area contributed by atoms with Crippen LogP contribution in [0.15, 0.2) is 41.3 Å². The molecule has 166 valence electrons. The number of benzene rings is 1. The molecule has 8 nitrogen and oxygen atoms in total. The molecule has 2 saturated heterocycles. The lowest BCUT2D eigenvalue weighted by Crippen LogP contribution is -2.49. The standard InChI is InChI=1S/C22H29N5O3S/c1-17-6-3-4-11-27(17)22-10-9-21(23-24-22)25-12-14-26(15-13-25)31(29,30)20-8-5-7-19(16-20)18(2)28/h5,7-10,16-17H,3-4,6,11-15H2,1-2H3. The van der Waals surface area contributed by atoms with Gasteiger partial charge in [-0.3, -0.25) is 4.79 Å². The van der Waals surface area contributed by atoms with Crippen LogP contribution in [0, 0.1) is 0 Å². The summed E-state index contributed by atoms with van der Waals surface area (Å²) in [6.07, 6.45) is 3.62. The van der Waals surface area contributed by atoms with Gasteiger partial charge in [-0.15, -0.1) is 10.2 Å². The van der Waals surface area contributed by atoms with Crippen LogP contribution in [0.25, 0.3) is 0 Å². The molecule has 2 fully saturated rings. The molecule has 4 rings (SSSR count). The highest BCUT2D eigenvalue weighted by molar-refractivity contribution is 7.89. The average molecular weight is 444 g/mol. The largest absolute Gasteiger partial charge is 0.352 e. The van der Waals surface area contributed by atoms with Crippen molar-refractivity contribution in [1.82, 2.24) is 14.5 Å². The normalized spacial score (nSPS) is 20.6. The third-order valence-corrected chi connectivity index (χ3v) is 8.07. The molecule has 0 bridgehead atoms. The van der Waals surface area contributed by atoms with Crippen molar-refractivity contribution >= 4 is 27.4 Å². The number of nitrogens with zero attached hydrogens (tertiary/aromatic N) is 5. The monoisotopic (exact) mass is 443 g/mol. The number of piperidine rings is 1. The van der Waals surface area contributed by atoms with Gasteiger partial charge >= 0.3 is 0 Å². The van der Waals surface area contributed by atoms with Gasteiger partial charge in [-0.1, -0.05) is 12.1 Å². The van der Waals surface area contributed by atoms with E-state index < -0.39 is 10.0 Å². The van der Waals surface area contributed by atoms with Crippen LogP contribution in [0.2, 0.25) is 0 Å². The van der Waals surface area contributed by atoms with Crippen molar-refractivity contribution in [3.8, 4) is 0 Å². The van der Waals surface area contributed by atoms with Crippen molar-refractivity contribution in [2.45, 2.75) is 44.0 Å². The maximum atomic E-state index is 13.0. The highest BCUT2D eigenvalue weighted by atomic mass is 32.2. The van der Waals surface area contributed by atoms with E-state index in [1.165, 1.54) is 36.6 Å². The summed E-state index contributed by atoms with van der Waals surface area (Å²) in [6, 6.07) is 10.7. The van der Waals surface area contributed by atoms with Gasteiger partial charge in [0, 0.05) is 44.3 Å². The van der Waals surface area contributed by atoms with Crippen LogP contribution in [0.3, 0.4) is 0 Å². The Morgan fingerprint density at radius 3 is 2.32 bits per heavy atom. The van der Waals surface area contributed by atoms with Crippen molar-refractivity contribution in [2.24, 2.45) is 0 Å². The maximum absolute atomic E-state index is 13.0. The van der Waals surface area contributed by atoms with E-state index >= 15 is 0 Å². The lowest BCUT2D eigenvalue weighted by atomic mass is 10.0. The van der Waals surface area contributed by atoms with E-state index in [0.717, 1.165) is 18.2 Å². The molecule has 2 aliphatic heterocycles. The second-order valence-corrected chi connectivity index (χ2v) is 10.2. The number of aromatic nitrogens is 2. The summed E-state index contributed by atoms with van der Waals surface area (Å²) in [5.74, 6) is 1.52. The van der Waals surface area contributed by atoms with Gasteiger partial charge in [0.15, 0.2) is 17.4 Å². The van der Waals surface area contributed by atoms with Crippen molar-refractivity contribution in [2.75, 3.05) is 42.5 Å². The van der Waals surface area contributed by atoms with Crippen LogP contribution >= 0.6 is 0 Å². The second kappa shape index (κ2) is 8.92. The van der Waals surface area contributed by atoms with Gasteiger partial charge in [-0.05, 0) is 57.4 Å². The van der Waals surface area contributed by atoms with Gasteiger partial charge in [-0.2, -0.15) is 4.31 Å². The van der Waals surface area contributed by atoms with Crippen LogP contribution in [0.4, 0.5) is 11.6 Å². The number of piperazine rings is 1. The molecule has 3 heterocycles. The first-order valence-electron chi connectivity index (χ1n) is 10.8.